The zero-order chi connectivity index (χ0) is 14.0. The maximum atomic E-state index is 11.2. The van der Waals surface area contributed by atoms with E-state index in [4.69, 9.17) is 19.3 Å². The largest absolute Gasteiger partial charge is 0.481 e. The number of hydrogen-bond acceptors (Lipinski definition) is 5. The molecular weight excluding hydrogens is 240 g/mol. The number of unbranched alkanes of at least 4 members (excludes halogenated alkanes) is 1. The molecule has 0 bridgehead atoms. The van der Waals surface area contributed by atoms with Crippen molar-refractivity contribution in [2.75, 3.05) is 6.61 Å². The van der Waals surface area contributed by atoms with Crippen LogP contribution in [0.2, 0.25) is 0 Å². The van der Waals surface area contributed by atoms with Crippen LogP contribution >= 0.6 is 0 Å². The molecule has 0 saturated heterocycles. The van der Waals surface area contributed by atoms with Crippen LogP contribution in [0.5, 0.6) is 0 Å². The normalized spacial score (nSPS) is 13.9. The van der Waals surface area contributed by atoms with Gasteiger partial charge in [0.05, 0.1) is 12.8 Å². The highest BCUT2D eigenvalue weighted by atomic mass is 16.8. The molecule has 0 aromatic heterocycles. The predicted octanol–water partition coefficient (Wildman–Crippen LogP) is 1.92. The SMILES string of the molecule is CCCCOC(C)OC(C)OC(=O)CCC(=O)O. The number of carbonyl (C=O) groups excluding carboxylic acids is 1. The van der Waals surface area contributed by atoms with Crippen molar-refractivity contribution in [2.24, 2.45) is 0 Å². The summed E-state index contributed by atoms with van der Waals surface area (Å²) in [6, 6.07) is 0. The number of carbonyl (C=O) groups is 2. The molecule has 0 aromatic rings. The van der Waals surface area contributed by atoms with Crippen LogP contribution in [0.4, 0.5) is 0 Å². The fourth-order valence-corrected chi connectivity index (χ4v) is 1.18. The van der Waals surface area contributed by atoms with Crippen LogP contribution in [0.25, 0.3) is 0 Å². The van der Waals surface area contributed by atoms with Gasteiger partial charge in [0.15, 0.2) is 6.29 Å². The summed E-state index contributed by atoms with van der Waals surface area (Å²) in [4.78, 5) is 21.4. The first-order valence-electron chi connectivity index (χ1n) is 6.14. The van der Waals surface area contributed by atoms with Crippen LogP contribution in [-0.4, -0.2) is 36.2 Å². The van der Waals surface area contributed by atoms with Gasteiger partial charge in [0, 0.05) is 6.61 Å². The van der Waals surface area contributed by atoms with E-state index >= 15 is 0 Å². The standard InChI is InChI=1S/C12H22O6/c1-4-5-8-16-9(2)17-10(3)18-12(15)7-6-11(13)14/h9-10H,4-8H2,1-3H3,(H,13,14). The number of esters is 1. The first kappa shape index (κ1) is 16.9. The van der Waals surface area contributed by atoms with Crippen LogP contribution < -0.4 is 0 Å². The second kappa shape index (κ2) is 9.85. The number of carboxylic acid groups (broad SMARTS) is 1. The molecule has 0 rings (SSSR count). The quantitative estimate of drug-likeness (QED) is 0.368. The lowest BCUT2D eigenvalue weighted by atomic mass is 10.3. The lowest BCUT2D eigenvalue weighted by molar-refractivity contribution is -0.229. The summed E-state index contributed by atoms with van der Waals surface area (Å²) in [5.74, 6) is -1.62. The smallest absolute Gasteiger partial charge is 0.308 e. The first-order valence-corrected chi connectivity index (χ1v) is 6.14. The minimum Gasteiger partial charge on any atom is -0.481 e. The van der Waals surface area contributed by atoms with Gasteiger partial charge in [-0.15, -0.1) is 0 Å². The van der Waals surface area contributed by atoms with E-state index in [-0.39, 0.29) is 12.8 Å². The van der Waals surface area contributed by atoms with Crippen molar-refractivity contribution in [3.05, 3.63) is 0 Å². The van der Waals surface area contributed by atoms with Crippen LogP contribution in [0.1, 0.15) is 46.5 Å². The molecule has 0 aromatic carbocycles. The van der Waals surface area contributed by atoms with Crippen LogP contribution in [0, 0.1) is 0 Å². The molecule has 0 saturated carbocycles. The molecule has 0 aliphatic heterocycles. The molecule has 2 unspecified atom stereocenters. The Kier molecular flexibility index (Phi) is 9.22. The zero-order valence-electron chi connectivity index (χ0n) is 11.2. The van der Waals surface area contributed by atoms with Gasteiger partial charge in [-0.25, -0.2) is 0 Å². The number of carboxylic acids is 1. The topological polar surface area (TPSA) is 82.1 Å². The monoisotopic (exact) mass is 262 g/mol. The zero-order valence-corrected chi connectivity index (χ0v) is 11.2. The van der Waals surface area contributed by atoms with Crippen molar-refractivity contribution in [1.82, 2.24) is 0 Å². The van der Waals surface area contributed by atoms with E-state index in [2.05, 4.69) is 6.92 Å². The lowest BCUT2D eigenvalue weighted by Gasteiger charge is -2.19. The van der Waals surface area contributed by atoms with Gasteiger partial charge in [-0.1, -0.05) is 13.3 Å². The van der Waals surface area contributed by atoms with E-state index in [9.17, 15) is 9.59 Å². The van der Waals surface area contributed by atoms with Gasteiger partial charge in [0.1, 0.15) is 0 Å². The van der Waals surface area contributed by atoms with Crippen molar-refractivity contribution in [3.8, 4) is 0 Å². The fourth-order valence-electron chi connectivity index (χ4n) is 1.18. The van der Waals surface area contributed by atoms with Gasteiger partial charge in [-0.3, -0.25) is 9.59 Å². The van der Waals surface area contributed by atoms with Gasteiger partial charge in [0.25, 0.3) is 0 Å². The van der Waals surface area contributed by atoms with Crippen LogP contribution in [-0.2, 0) is 23.8 Å². The number of ether oxygens (including phenoxy) is 3. The summed E-state index contributed by atoms with van der Waals surface area (Å²) in [6.07, 6.45) is 0.372. The summed E-state index contributed by atoms with van der Waals surface area (Å²) in [5.41, 5.74) is 0. The molecule has 106 valence electrons. The highest BCUT2D eigenvalue weighted by Gasteiger charge is 2.14. The molecule has 1 N–H and O–H groups in total. The Morgan fingerprint density at radius 1 is 1.17 bits per heavy atom. The first-order chi connectivity index (χ1) is 8.45. The van der Waals surface area contributed by atoms with Crippen LogP contribution in [0.15, 0.2) is 0 Å². The van der Waals surface area contributed by atoms with Crippen molar-refractivity contribution in [2.45, 2.75) is 59.0 Å². The summed E-state index contributed by atoms with van der Waals surface area (Å²) >= 11 is 0. The summed E-state index contributed by atoms with van der Waals surface area (Å²) < 4.78 is 15.5. The van der Waals surface area contributed by atoms with Crippen molar-refractivity contribution >= 4 is 11.9 Å². The Hall–Kier alpha value is -1.14. The molecule has 0 fully saturated rings. The third-order valence-electron chi connectivity index (χ3n) is 2.07. The van der Waals surface area contributed by atoms with Crippen LogP contribution in [0.3, 0.4) is 0 Å². The van der Waals surface area contributed by atoms with E-state index in [1.165, 1.54) is 0 Å². The minimum atomic E-state index is -1.03. The van der Waals surface area contributed by atoms with Crippen molar-refractivity contribution in [1.29, 1.82) is 0 Å². The Labute approximate surface area is 107 Å². The van der Waals surface area contributed by atoms with Gasteiger partial charge < -0.3 is 19.3 Å². The predicted molar refractivity (Wildman–Crippen MR) is 63.8 cm³/mol. The van der Waals surface area contributed by atoms with E-state index < -0.39 is 24.5 Å². The van der Waals surface area contributed by atoms with Crippen molar-refractivity contribution < 1.29 is 28.9 Å². The van der Waals surface area contributed by atoms with Gasteiger partial charge >= 0.3 is 11.9 Å². The molecular formula is C12H22O6. The lowest BCUT2D eigenvalue weighted by Crippen LogP contribution is -2.25. The van der Waals surface area contributed by atoms with E-state index in [1.807, 2.05) is 0 Å². The summed E-state index contributed by atoms with van der Waals surface area (Å²) in [6.45, 7) is 5.94. The molecule has 0 radical (unpaired) electrons. The molecule has 2 atom stereocenters. The van der Waals surface area contributed by atoms with E-state index in [0.29, 0.717) is 6.61 Å². The third kappa shape index (κ3) is 10.0. The number of rotatable bonds is 10. The maximum Gasteiger partial charge on any atom is 0.308 e. The Bertz CT molecular complexity index is 253. The molecule has 0 heterocycles. The number of hydrogen-bond donors (Lipinski definition) is 1. The third-order valence-corrected chi connectivity index (χ3v) is 2.07. The van der Waals surface area contributed by atoms with E-state index in [1.54, 1.807) is 13.8 Å². The van der Waals surface area contributed by atoms with E-state index in [0.717, 1.165) is 12.8 Å². The fraction of sp³-hybridized carbons (Fsp3) is 0.833. The Balaban J connectivity index is 3.71. The maximum absolute atomic E-state index is 11.2. The molecule has 0 amide bonds. The molecule has 6 heteroatoms. The molecule has 0 aliphatic carbocycles. The average molecular weight is 262 g/mol. The Morgan fingerprint density at radius 2 is 1.83 bits per heavy atom. The second-order valence-electron chi connectivity index (χ2n) is 3.88. The molecule has 0 aliphatic rings. The number of aliphatic carboxylic acids is 1. The summed E-state index contributed by atoms with van der Waals surface area (Å²) in [5, 5.41) is 8.40. The average Bonchev–Trinajstić information content (AvgIpc) is 2.26. The highest BCUT2D eigenvalue weighted by Crippen LogP contribution is 2.05. The molecule has 0 spiro atoms. The highest BCUT2D eigenvalue weighted by molar-refractivity contribution is 5.76. The molecule has 18 heavy (non-hydrogen) atoms. The summed E-state index contributed by atoms with van der Waals surface area (Å²) in [7, 11) is 0. The van der Waals surface area contributed by atoms with Crippen molar-refractivity contribution in [3.63, 3.8) is 0 Å². The minimum absolute atomic E-state index is 0.159. The van der Waals surface area contributed by atoms with Gasteiger partial charge in [0.2, 0.25) is 6.29 Å². The molecule has 6 nitrogen and oxygen atoms in total. The van der Waals surface area contributed by atoms with Gasteiger partial charge in [-0.05, 0) is 20.3 Å². The second-order valence-corrected chi connectivity index (χ2v) is 3.88. The Morgan fingerprint density at radius 3 is 2.39 bits per heavy atom. The van der Waals surface area contributed by atoms with Gasteiger partial charge in [-0.2, -0.15) is 0 Å².